The molecule has 0 unspecified atom stereocenters. The molecule has 0 aromatic carbocycles. The Morgan fingerprint density at radius 2 is 2.27 bits per heavy atom. The molecule has 1 heterocycles. The Bertz CT molecular complexity index is 592. The molecular weight excluding hydrogens is 274 g/mol. The minimum absolute atomic E-state index is 0.0700. The van der Waals surface area contributed by atoms with E-state index in [1.807, 2.05) is 18.2 Å². The van der Waals surface area contributed by atoms with Crippen LogP contribution in [-0.4, -0.2) is 23.0 Å². The predicted octanol–water partition coefficient (Wildman–Crippen LogP) is 2.61. The van der Waals surface area contributed by atoms with E-state index in [1.165, 1.54) is 5.57 Å². The zero-order valence-electron chi connectivity index (χ0n) is 13.0. The zero-order chi connectivity index (χ0) is 16.0. The molecule has 3 N–H and O–H groups in total. The van der Waals surface area contributed by atoms with Gasteiger partial charge in [0.05, 0.1) is 0 Å². The molecule has 1 aliphatic carbocycles. The smallest absolute Gasteiger partial charge is 0.251 e. The highest BCUT2D eigenvalue weighted by Crippen LogP contribution is 2.48. The molecule has 0 radical (unpaired) electrons. The molecule has 0 saturated heterocycles. The number of carbonyl (C=O) groups is 1. The molecule has 0 aliphatic heterocycles. The highest BCUT2D eigenvalue weighted by Gasteiger charge is 2.50. The summed E-state index contributed by atoms with van der Waals surface area (Å²) in [5.74, 6) is 0.289. The maximum absolute atomic E-state index is 11.9. The minimum Gasteiger partial charge on any atom is -0.349 e. The van der Waals surface area contributed by atoms with Crippen LogP contribution in [0.3, 0.4) is 0 Å². The van der Waals surface area contributed by atoms with Gasteiger partial charge in [0.15, 0.2) is 0 Å². The SMILES string of the molecule is C=C/C=C(\C=C/CNC(=O)c1ccncc1)[C@@H]1C[C@]1(N)CC. The van der Waals surface area contributed by atoms with Gasteiger partial charge in [-0.3, -0.25) is 9.78 Å². The Balaban J connectivity index is 1.87. The topological polar surface area (TPSA) is 68.0 Å². The predicted molar refractivity (Wildman–Crippen MR) is 89.3 cm³/mol. The Kier molecular flexibility index (Phi) is 5.28. The Labute approximate surface area is 131 Å². The molecule has 0 bridgehead atoms. The molecule has 4 nitrogen and oxygen atoms in total. The highest BCUT2D eigenvalue weighted by molar-refractivity contribution is 5.94. The van der Waals surface area contributed by atoms with Crippen molar-refractivity contribution >= 4 is 5.91 Å². The second kappa shape index (κ2) is 7.18. The third-order valence-electron chi connectivity index (χ3n) is 4.12. The number of pyridine rings is 1. The summed E-state index contributed by atoms with van der Waals surface area (Å²) < 4.78 is 0. The third kappa shape index (κ3) is 3.92. The first-order valence-electron chi connectivity index (χ1n) is 7.57. The van der Waals surface area contributed by atoms with Gasteiger partial charge >= 0.3 is 0 Å². The van der Waals surface area contributed by atoms with Gasteiger partial charge in [0.2, 0.25) is 0 Å². The van der Waals surface area contributed by atoms with Gasteiger partial charge in [-0.05, 0) is 30.5 Å². The fraction of sp³-hybridized carbons (Fsp3) is 0.333. The molecular formula is C18H23N3O. The molecule has 116 valence electrons. The van der Waals surface area contributed by atoms with Crippen molar-refractivity contribution in [3.8, 4) is 0 Å². The van der Waals surface area contributed by atoms with Gasteiger partial charge in [0.25, 0.3) is 5.91 Å². The van der Waals surface area contributed by atoms with Gasteiger partial charge in [0, 0.05) is 36.0 Å². The van der Waals surface area contributed by atoms with Crippen LogP contribution in [0, 0.1) is 5.92 Å². The molecule has 2 atom stereocenters. The number of aromatic nitrogens is 1. The second-order valence-electron chi connectivity index (χ2n) is 5.59. The molecule has 1 aliphatic rings. The first-order valence-corrected chi connectivity index (χ1v) is 7.57. The molecule has 2 rings (SSSR count). The van der Waals surface area contributed by atoms with Crippen molar-refractivity contribution in [2.75, 3.05) is 6.54 Å². The largest absolute Gasteiger partial charge is 0.349 e. The summed E-state index contributed by atoms with van der Waals surface area (Å²) in [6, 6.07) is 3.38. The molecule has 22 heavy (non-hydrogen) atoms. The lowest BCUT2D eigenvalue weighted by Gasteiger charge is -2.08. The van der Waals surface area contributed by atoms with Gasteiger partial charge in [-0.2, -0.15) is 0 Å². The van der Waals surface area contributed by atoms with E-state index in [9.17, 15) is 4.79 Å². The van der Waals surface area contributed by atoms with Crippen molar-refractivity contribution in [3.63, 3.8) is 0 Å². The van der Waals surface area contributed by atoms with Crippen LogP contribution in [0.4, 0.5) is 0 Å². The first kappa shape index (κ1) is 16.2. The van der Waals surface area contributed by atoms with Crippen LogP contribution in [0.25, 0.3) is 0 Å². The summed E-state index contributed by atoms with van der Waals surface area (Å²) >= 11 is 0. The van der Waals surface area contributed by atoms with E-state index >= 15 is 0 Å². The molecule has 1 amide bonds. The van der Waals surface area contributed by atoms with E-state index < -0.39 is 0 Å². The lowest BCUT2D eigenvalue weighted by molar-refractivity contribution is 0.0958. The maximum Gasteiger partial charge on any atom is 0.251 e. The standard InChI is InChI=1S/C18H23N3O/c1-3-6-14(16-13-18(16,19)4-2)7-5-10-21-17(22)15-8-11-20-12-9-15/h3,5-9,11-12,16H,1,4,10,13,19H2,2H3,(H,21,22)/b7-5-,14-6+/t16-,18+/m0/s1. The number of rotatable bonds is 7. The van der Waals surface area contributed by atoms with Crippen LogP contribution < -0.4 is 11.1 Å². The number of amides is 1. The van der Waals surface area contributed by atoms with E-state index in [4.69, 9.17) is 5.73 Å². The van der Waals surface area contributed by atoms with Crippen molar-refractivity contribution in [2.24, 2.45) is 11.7 Å². The quantitative estimate of drug-likeness (QED) is 0.760. The number of nitrogens with one attached hydrogen (secondary N) is 1. The molecule has 1 aromatic rings. The van der Waals surface area contributed by atoms with Gasteiger partial charge in [0.1, 0.15) is 0 Å². The maximum atomic E-state index is 11.9. The molecule has 0 spiro atoms. The average molecular weight is 297 g/mol. The number of hydrogen-bond acceptors (Lipinski definition) is 3. The summed E-state index contributed by atoms with van der Waals surface area (Å²) in [7, 11) is 0. The Hall–Kier alpha value is -2.20. The number of nitrogens with zero attached hydrogens (tertiary/aromatic N) is 1. The van der Waals surface area contributed by atoms with Crippen molar-refractivity contribution in [1.29, 1.82) is 0 Å². The van der Waals surface area contributed by atoms with E-state index in [1.54, 1.807) is 30.6 Å². The number of hydrogen-bond donors (Lipinski definition) is 2. The van der Waals surface area contributed by atoms with Gasteiger partial charge in [-0.25, -0.2) is 0 Å². The van der Waals surface area contributed by atoms with Crippen molar-refractivity contribution in [3.05, 3.63) is 66.5 Å². The number of carbonyl (C=O) groups excluding carboxylic acids is 1. The number of allylic oxidation sites excluding steroid dienone is 3. The monoisotopic (exact) mass is 297 g/mol. The van der Waals surface area contributed by atoms with Crippen LogP contribution in [0.2, 0.25) is 0 Å². The van der Waals surface area contributed by atoms with Gasteiger partial charge in [-0.1, -0.05) is 37.8 Å². The summed E-state index contributed by atoms with van der Waals surface area (Å²) in [4.78, 5) is 15.8. The lowest BCUT2D eigenvalue weighted by atomic mass is 10.0. The molecule has 1 fully saturated rings. The summed E-state index contributed by atoms with van der Waals surface area (Å²) in [5.41, 5.74) is 7.98. The molecule has 1 saturated carbocycles. The summed E-state index contributed by atoms with van der Waals surface area (Å²) in [5, 5.41) is 2.85. The molecule has 4 heteroatoms. The van der Waals surface area contributed by atoms with E-state index in [-0.39, 0.29) is 11.4 Å². The van der Waals surface area contributed by atoms with E-state index in [2.05, 4.69) is 23.8 Å². The fourth-order valence-corrected chi connectivity index (χ4v) is 2.54. The summed E-state index contributed by atoms with van der Waals surface area (Å²) in [6.07, 6.45) is 12.9. The van der Waals surface area contributed by atoms with Crippen LogP contribution in [0.15, 0.2) is 61.0 Å². The lowest BCUT2D eigenvalue weighted by Crippen LogP contribution is -2.24. The van der Waals surface area contributed by atoms with Crippen molar-refractivity contribution in [2.45, 2.75) is 25.3 Å². The number of nitrogens with two attached hydrogens (primary N) is 1. The fourth-order valence-electron chi connectivity index (χ4n) is 2.54. The Morgan fingerprint density at radius 1 is 1.55 bits per heavy atom. The normalized spacial score (nSPS) is 24.3. The van der Waals surface area contributed by atoms with Gasteiger partial charge in [-0.15, -0.1) is 0 Å². The first-order chi connectivity index (χ1) is 10.6. The van der Waals surface area contributed by atoms with Crippen molar-refractivity contribution in [1.82, 2.24) is 10.3 Å². The highest BCUT2D eigenvalue weighted by atomic mass is 16.1. The van der Waals surface area contributed by atoms with Crippen LogP contribution in [0.1, 0.15) is 30.1 Å². The van der Waals surface area contributed by atoms with Gasteiger partial charge < -0.3 is 11.1 Å². The summed E-state index contributed by atoms with van der Waals surface area (Å²) in [6.45, 7) is 6.35. The van der Waals surface area contributed by atoms with Crippen molar-refractivity contribution < 1.29 is 4.79 Å². The average Bonchev–Trinajstić information content (AvgIpc) is 3.23. The van der Waals surface area contributed by atoms with E-state index in [0.29, 0.717) is 18.0 Å². The molecule has 1 aromatic heterocycles. The zero-order valence-corrected chi connectivity index (χ0v) is 13.0. The van der Waals surface area contributed by atoms with Crippen LogP contribution in [-0.2, 0) is 0 Å². The van der Waals surface area contributed by atoms with Crippen LogP contribution in [0.5, 0.6) is 0 Å². The Morgan fingerprint density at radius 3 is 2.86 bits per heavy atom. The minimum atomic E-state index is -0.102. The van der Waals surface area contributed by atoms with Crippen LogP contribution >= 0.6 is 0 Å². The third-order valence-corrected chi connectivity index (χ3v) is 4.12. The van der Waals surface area contributed by atoms with E-state index in [0.717, 1.165) is 12.8 Å². The second-order valence-corrected chi connectivity index (χ2v) is 5.59.